The van der Waals surface area contributed by atoms with Crippen LogP contribution in [0.15, 0.2) is 18.2 Å². The van der Waals surface area contributed by atoms with Gasteiger partial charge in [-0.25, -0.2) is 0 Å². The van der Waals surface area contributed by atoms with Crippen LogP contribution in [0.1, 0.15) is 31.2 Å². The molecule has 0 heterocycles. The minimum absolute atomic E-state index is 0. The zero-order chi connectivity index (χ0) is 12.7. The summed E-state index contributed by atoms with van der Waals surface area (Å²) in [5.41, 5.74) is 0.995. The SMILES string of the molecule is CC(CNCCCCO)c1ccc(O)c(O)c1.Cl. The van der Waals surface area contributed by atoms with Crippen molar-refractivity contribution in [1.29, 1.82) is 0 Å². The van der Waals surface area contributed by atoms with E-state index in [9.17, 15) is 10.2 Å². The molecule has 0 bridgehead atoms. The summed E-state index contributed by atoms with van der Waals surface area (Å²) < 4.78 is 0. The number of aliphatic hydroxyl groups is 1. The van der Waals surface area contributed by atoms with Crippen molar-refractivity contribution < 1.29 is 15.3 Å². The van der Waals surface area contributed by atoms with Gasteiger partial charge in [-0.1, -0.05) is 13.0 Å². The molecule has 4 N–H and O–H groups in total. The molecule has 0 radical (unpaired) electrons. The largest absolute Gasteiger partial charge is 0.504 e. The topological polar surface area (TPSA) is 72.7 Å². The molecule has 0 aliphatic rings. The third-order valence-electron chi connectivity index (χ3n) is 2.78. The van der Waals surface area contributed by atoms with Crippen molar-refractivity contribution in [2.75, 3.05) is 19.7 Å². The zero-order valence-corrected chi connectivity index (χ0v) is 11.4. The van der Waals surface area contributed by atoms with Crippen molar-refractivity contribution in [1.82, 2.24) is 5.32 Å². The molecule has 104 valence electrons. The molecule has 4 nitrogen and oxygen atoms in total. The van der Waals surface area contributed by atoms with Crippen molar-refractivity contribution in [2.24, 2.45) is 0 Å². The zero-order valence-electron chi connectivity index (χ0n) is 10.6. The molecule has 0 aromatic heterocycles. The monoisotopic (exact) mass is 275 g/mol. The van der Waals surface area contributed by atoms with Crippen LogP contribution in [0.5, 0.6) is 11.5 Å². The molecule has 18 heavy (non-hydrogen) atoms. The van der Waals surface area contributed by atoms with Crippen LogP contribution in [0.4, 0.5) is 0 Å². The molecule has 1 unspecified atom stereocenters. The smallest absolute Gasteiger partial charge is 0.157 e. The van der Waals surface area contributed by atoms with Crippen molar-refractivity contribution in [3.05, 3.63) is 23.8 Å². The number of hydrogen-bond donors (Lipinski definition) is 4. The van der Waals surface area contributed by atoms with Crippen LogP contribution < -0.4 is 5.32 Å². The maximum absolute atomic E-state index is 9.39. The van der Waals surface area contributed by atoms with Crippen LogP contribution in [0, 0.1) is 0 Å². The molecule has 0 saturated carbocycles. The minimum Gasteiger partial charge on any atom is -0.504 e. The second-order valence-corrected chi connectivity index (χ2v) is 4.28. The fraction of sp³-hybridized carbons (Fsp3) is 0.538. The third-order valence-corrected chi connectivity index (χ3v) is 2.78. The maximum Gasteiger partial charge on any atom is 0.157 e. The van der Waals surface area contributed by atoms with Crippen LogP contribution in [0.25, 0.3) is 0 Å². The van der Waals surface area contributed by atoms with Crippen LogP contribution in [-0.4, -0.2) is 35.0 Å². The molecule has 1 aromatic carbocycles. The Morgan fingerprint density at radius 3 is 2.50 bits per heavy atom. The molecular weight excluding hydrogens is 254 g/mol. The van der Waals surface area contributed by atoms with Gasteiger partial charge >= 0.3 is 0 Å². The molecule has 0 saturated heterocycles. The highest BCUT2D eigenvalue weighted by Crippen LogP contribution is 2.28. The lowest BCUT2D eigenvalue weighted by Gasteiger charge is -2.13. The first-order chi connectivity index (χ1) is 8.15. The molecule has 0 spiro atoms. The van der Waals surface area contributed by atoms with E-state index in [0.717, 1.165) is 31.5 Å². The van der Waals surface area contributed by atoms with Gasteiger partial charge in [0.2, 0.25) is 0 Å². The summed E-state index contributed by atoms with van der Waals surface area (Å²) in [5, 5.41) is 30.5. The van der Waals surface area contributed by atoms with E-state index in [1.54, 1.807) is 6.07 Å². The fourth-order valence-electron chi connectivity index (χ4n) is 1.65. The molecule has 0 amide bonds. The Kier molecular flexibility index (Phi) is 8.54. The van der Waals surface area contributed by atoms with Crippen molar-refractivity contribution >= 4 is 12.4 Å². The van der Waals surface area contributed by atoms with Gasteiger partial charge in [0.15, 0.2) is 11.5 Å². The maximum atomic E-state index is 9.39. The number of benzene rings is 1. The van der Waals surface area contributed by atoms with Gasteiger partial charge in [0, 0.05) is 13.2 Å². The normalized spacial score (nSPS) is 11.9. The van der Waals surface area contributed by atoms with E-state index < -0.39 is 0 Å². The van der Waals surface area contributed by atoms with Gasteiger partial charge < -0.3 is 20.6 Å². The van der Waals surface area contributed by atoms with E-state index >= 15 is 0 Å². The van der Waals surface area contributed by atoms with Gasteiger partial charge in [-0.05, 0) is 43.0 Å². The molecule has 1 atom stereocenters. The van der Waals surface area contributed by atoms with Crippen molar-refractivity contribution in [3.63, 3.8) is 0 Å². The van der Waals surface area contributed by atoms with Crippen LogP contribution in [-0.2, 0) is 0 Å². The summed E-state index contributed by atoms with van der Waals surface area (Å²) in [6, 6.07) is 4.91. The van der Waals surface area contributed by atoms with Crippen molar-refractivity contribution in [2.45, 2.75) is 25.7 Å². The second kappa shape index (κ2) is 9.03. The number of rotatable bonds is 7. The number of phenols is 2. The second-order valence-electron chi connectivity index (χ2n) is 4.28. The first-order valence-corrected chi connectivity index (χ1v) is 5.98. The quantitative estimate of drug-likeness (QED) is 0.454. The van der Waals surface area contributed by atoms with Gasteiger partial charge in [0.1, 0.15) is 0 Å². The summed E-state index contributed by atoms with van der Waals surface area (Å²) in [7, 11) is 0. The predicted octanol–water partition coefficient (Wildman–Crippen LogP) is 1.99. The Morgan fingerprint density at radius 1 is 1.17 bits per heavy atom. The number of phenolic OH excluding ortho intramolecular Hbond substituents is 2. The minimum atomic E-state index is -0.0862. The van der Waals surface area contributed by atoms with E-state index in [0.29, 0.717) is 0 Å². The van der Waals surface area contributed by atoms with E-state index in [1.165, 1.54) is 6.07 Å². The average molecular weight is 276 g/mol. The summed E-state index contributed by atoms with van der Waals surface area (Å²) in [6.07, 6.45) is 1.78. The van der Waals surface area contributed by atoms with E-state index in [1.807, 2.05) is 6.07 Å². The number of unbranched alkanes of at least 4 members (excludes halogenated alkanes) is 1. The molecule has 0 aliphatic heterocycles. The first-order valence-electron chi connectivity index (χ1n) is 5.98. The van der Waals surface area contributed by atoms with Gasteiger partial charge in [-0.15, -0.1) is 12.4 Å². The lowest BCUT2D eigenvalue weighted by molar-refractivity contribution is 0.283. The molecular formula is C13H22ClNO3. The Bertz CT molecular complexity index is 347. The Hall–Kier alpha value is -0.970. The molecule has 1 aromatic rings. The summed E-state index contributed by atoms with van der Waals surface area (Å²) in [6.45, 7) is 4.00. The summed E-state index contributed by atoms with van der Waals surface area (Å²) in [5.74, 6) is 0.113. The Labute approximate surface area is 114 Å². The Morgan fingerprint density at radius 2 is 1.89 bits per heavy atom. The van der Waals surface area contributed by atoms with Crippen LogP contribution >= 0.6 is 12.4 Å². The van der Waals surface area contributed by atoms with Gasteiger partial charge in [-0.3, -0.25) is 0 Å². The van der Waals surface area contributed by atoms with Crippen LogP contribution in [0.3, 0.4) is 0 Å². The molecule has 0 fully saturated rings. The summed E-state index contributed by atoms with van der Waals surface area (Å²) >= 11 is 0. The van der Waals surface area contributed by atoms with Gasteiger partial charge in [0.05, 0.1) is 0 Å². The van der Waals surface area contributed by atoms with E-state index in [2.05, 4.69) is 12.2 Å². The van der Waals surface area contributed by atoms with Gasteiger partial charge in [-0.2, -0.15) is 0 Å². The standard InChI is InChI=1S/C13H21NO3.ClH/c1-10(9-14-6-2-3-7-15)11-4-5-12(16)13(17)8-11;/h4-5,8,10,14-17H,2-3,6-7,9H2,1H3;1H. The highest BCUT2D eigenvalue weighted by molar-refractivity contribution is 5.85. The number of halogens is 1. The lowest BCUT2D eigenvalue weighted by Crippen LogP contribution is -2.21. The number of aliphatic hydroxyl groups excluding tert-OH is 1. The highest BCUT2D eigenvalue weighted by atomic mass is 35.5. The molecule has 1 rings (SSSR count). The van der Waals surface area contributed by atoms with E-state index in [4.69, 9.17) is 5.11 Å². The first kappa shape index (κ1) is 17.0. The van der Waals surface area contributed by atoms with Crippen molar-refractivity contribution in [3.8, 4) is 11.5 Å². The van der Waals surface area contributed by atoms with Gasteiger partial charge in [0.25, 0.3) is 0 Å². The number of aromatic hydroxyl groups is 2. The number of nitrogens with one attached hydrogen (secondary N) is 1. The lowest BCUT2D eigenvalue weighted by atomic mass is 10.0. The number of hydrogen-bond acceptors (Lipinski definition) is 4. The van der Waals surface area contributed by atoms with E-state index in [-0.39, 0.29) is 36.4 Å². The average Bonchev–Trinajstić information content (AvgIpc) is 2.32. The summed E-state index contributed by atoms with van der Waals surface area (Å²) in [4.78, 5) is 0. The predicted molar refractivity (Wildman–Crippen MR) is 74.6 cm³/mol. The third kappa shape index (κ3) is 5.58. The fourth-order valence-corrected chi connectivity index (χ4v) is 1.65. The Balaban J connectivity index is 0.00000289. The van der Waals surface area contributed by atoms with Crippen LogP contribution in [0.2, 0.25) is 0 Å². The highest BCUT2D eigenvalue weighted by Gasteiger charge is 2.07. The molecule has 5 heteroatoms. The molecule has 0 aliphatic carbocycles.